The first-order chi connectivity index (χ1) is 5.74. The molecule has 4 nitrogen and oxygen atoms in total. The van der Waals surface area contributed by atoms with E-state index in [2.05, 4.69) is 17.2 Å². The minimum Gasteiger partial charge on any atom is -0.323 e. The second-order valence-electron chi connectivity index (χ2n) is 3.05. The lowest BCUT2D eigenvalue weighted by Gasteiger charge is -1.97. The summed E-state index contributed by atoms with van der Waals surface area (Å²) in [5.74, 6) is 0. The second-order valence-corrected chi connectivity index (χ2v) is 3.05. The molecule has 1 unspecified atom stereocenters. The summed E-state index contributed by atoms with van der Waals surface area (Å²) in [5.41, 5.74) is 6.51. The minimum atomic E-state index is -0.0135. The van der Waals surface area contributed by atoms with Gasteiger partial charge in [-0.3, -0.25) is 4.68 Å². The Balaban J connectivity index is 2.52. The molecule has 0 radical (unpaired) electrons. The summed E-state index contributed by atoms with van der Waals surface area (Å²) in [6.07, 6.45) is 4.23. The number of rotatable bonds is 4. The normalized spacial score (nSPS) is 13.2. The molecular formula is C8H16N4. The SMILES string of the molecule is CCCCn1cc(C(C)N)nn1. The molecule has 0 spiro atoms. The third-order valence-corrected chi connectivity index (χ3v) is 1.76. The van der Waals surface area contributed by atoms with Crippen LogP contribution in [0.2, 0.25) is 0 Å². The van der Waals surface area contributed by atoms with Crippen molar-refractivity contribution < 1.29 is 0 Å². The molecule has 68 valence electrons. The highest BCUT2D eigenvalue weighted by atomic mass is 15.4. The molecule has 0 bridgehead atoms. The first-order valence-electron chi connectivity index (χ1n) is 4.39. The predicted molar refractivity (Wildman–Crippen MR) is 47.5 cm³/mol. The average molecular weight is 168 g/mol. The van der Waals surface area contributed by atoms with Crippen LogP contribution in [0.15, 0.2) is 6.20 Å². The zero-order valence-corrected chi connectivity index (χ0v) is 7.70. The lowest BCUT2D eigenvalue weighted by atomic mass is 10.3. The van der Waals surface area contributed by atoms with E-state index in [1.165, 1.54) is 6.42 Å². The molecule has 0 saturated carbocycles. The van der Waals surface area contributed by atoms with Crippen molar-refractivity contribution in [1.82, 2.24) is 15.0 Å². The van der Waals surface area contributed by atoms with Crippen molar-refractivity contribution in [3.05, 3.63) is 11.9 Å². The van der Waals surface area contributed by atoms with Crippen LogP contribution in [0.1, 0.15) is 38.4 Å². The van der Waals surface area contributed by atoms with Crippen molar-refractivity contribution in [2.45, 2.75) is 39.3 Å². The molecule has 4 heteroatoms. The summed E-state index contributed by atoms with van der Waals surface area (Å²) < 4.78 is 1.85. The Hall–Kier alpha value is -0.900. The van der Waals surface area contributed by atoms with Gasteiger partial charge in [0.05, 0.1) is 11.9 Å². The lowest BCUT2D eigenvalue weighted by Crippen LogP contribution is -2.05. The van der Waals surface area contributed by atoms with E-state index in [4.69, 9.17) is 5.73 Å². The van der Waals surface area contributed by atoms with E-state index in [0.717, 1.165) is 18.7 Å². The number of nitrogens with two attached hydrogens (primary N) is 1. The van der Waals surface area contributed by atoms with Crippen LogP contribution in [-0.4, -0.2) is 15.0 Å². The van der Waals surface area contributed by atoms with Gasteiger partial charge in [0.2, 0.25) is 0 Å². The third-order valence-electron chi connectivity index (χ3n) is 1.76. The number of hydrogen-bond acceptors (Lipinski definition) is 3. The van der Waals surface area contributed by atoms with Gasteiger partial charge in [-0.05, 0) is 13.3 Å². The molecule has 1 heterocycles. The molecule has 0 aliphatic carbocycles. The first kappa shape index (κ1) is 9.19. The van der Waals surface area contributed by atoms with Crippen LogP contribution < -0.4 is 5.73 Å². The highest BCUT2D eigenvalue weighted by molar-refractivity contribution is 4.97. The smallest absolute Gasteiger partial charge is 0.0991 e. The maximum absolute atomic E-state index is 5.64. The quantitative estimate of drug-likeness (QED) is 0.732. The first-order valence-corrected chi connectivity index (χ1v) is 4.39. The Morgan fingerprint density at radius 2 is 2.42 bits per heavy atom. The Bertz CT molecular complexity index is 229. The van der Waals surface area contributed by atoms with Gasteiger partial charge in [-0.15, -0.1) is 5.10 Å². The predicted octanol–water partition coefficient (Wildman–Crippen LogP) is 1.10. The molecule has 1 atom stereocenters. The molecule has 12 heavy (non-hydrogen) atoms. The van der Waals surface area contributed by atoms with Gasteiger partial charge in [0.25, 0.3) is 0 Å². The molecule has 0 aromatic carbocycles. The van der Waals surface area contributed by atoms with Gasteiger partial charge in [0.15, 0.2) is 0 Å². The molecule has 0 aliphatic heterocycles. The monoisotopic (exact) mass is 168 g/mol. The molecule has 0 fully saturated rings. The van der Waals surface area contributed by atoms with Gasteiger partial charge in [-0.25, -0.2) is 0 Å². The molecule has 0 saturated heterocycles. The molecular weight excluding hydrogens is 152 g/mol. The van der Waals surface area contributed by atoms with E-state index >= 15 is 0 Å². The highest BCUT2D eigenvalue weighted by Crippen LogP contribution is 2.03. The van der Waals surface area contributed by atoms with Crippen molar-refractivity contribution in [2.24, 2.45) is 5.73 Å². The fourth-order valence-corrected chi connectivity index (χ4v) is 0.951. The van der Waals surface area contributed by atoms with Crippen molar-refractivity contribution in [2.75, 3.05) is 0 Å². The topological polar surface area (TPSA) is 56.7 Å². The van der Waals surface area contributed by atoms with E-state index in [1.54, 1.807) is 0 Å². The number of aryl methyl sites for hydroxylation is 1. The van der Waals surface area contributed by atoms with E-state index in [0.29, 0.717) is 0 Å². The molecule has 1 aromatic heterocycles. The fourth-order valence-electron chi connectivity index (χ4n) is 0.951. The van der Waals surface area contributed by atoms with E-state index < -0.39 is 0 Å². The molecule has 2 N–H and O–H groups in total. The average Bonchev–Trinajstić information content (AvgIpc) is 2.48. The van der Waals surface area contributed by atoms with Gasteiger partial charge >= 0.3 is 0 Å². The summed E-state index contributed by atoms with van der Waals surface area (Å²) in [5, 5.41) is 7.92. The number of hydrogen-bond donors (Lipinski definition) is 1. The largest absolute Gasteiger partial charge is 0.323 e. The molecule has 1 aromatic rings. The van der Waals surface area contributed by atoms with Crippen LogP contribution in [0.3, 0.4) is 0 Å². The Morgan fingerprint density at radius 1 is 1.67 bits per heavy atom. The summed E-state index contributed by atoms with van der Waals surface area (Å²) in [7, 11) is 0. The van der Waals surface area contributed by atoms with Crippen LogP contribution in [-0.2, 0) is 6.54 Å². The van der Waals surface area contributed by atoms with Gasteiger partial charge < -0.3 is 5.73 Å². The number of unbranched alkanes of at least 4 members (excludes halogenated alkanes) is 1. The van der Waals surface area contributed by atoms with Gasteiger partial charge in [-0.2, -0.15) is 0 Å². The van der Waals surface area contributed by atoms with Crippen LogP contribution in [0.25, 0.3) is 0 Å². The van der Waals surface area contributed by atoms with Crippen molar-refractivity contribution >= 4 is 0 Å². The maximum Gasteiger partial charge on any atom is 0.0991 e. The van der Waals surface area contributed by atoms with Gasteiger partial charge in [-0.1, -0.05) is 18.6 Å². The van der Waals surface area contributed by atoms with Gasteiger partial charge in [0, 0.05) is 12.6 Å². The summed E-state index contributed by atoms with van der Waals surface area (Å²) in [6, 6.07) is -0.0135. The van der Waals surface area contributed by atoms with E-state index in [1.807, 2.05) is 17.8 Å². The maximum atomic E-state index is 5.64. The Labute approximate surface area is 72.8 Å². The fraction of sp³-hybridized carbons (Fsp3) is 0.750. The minimum absolute atomic E-state index is 0.0135. The van der Waals surface area contributed by atoms with Crippen LogP contribution in [0.4, 0.5) is 0 Å². The summed E-state index contributed by atoms with van der Waals surface area (Å²) in [4.78, 5) is 0. The van der Waals surface area contributed by atoms with Crippen molar-refractivity contribution in [3.63, 3.8) is 0 Å². The van der Waals surface area contributed by atoms with Crippen LogP contribution in [0, 0.1) is 0 Å². The summed E-state index contributed by atoms with van der Waals surface area (Å²) >= 11 is 0. The van der Waals surface area contributed by atoms with Gasteiger partial charge in [0.1, 0.15) is 0 Å². The molecule has 0 aliphatic rings. The highest BCUT2D eigenvalue weighted by Gasteiger charge is 2.03. The number of aromatic nitrogens is 3. The number of nitrogens with zero attached hydrogens (tertiary/aromatic N) is 3. The third kappa shape index (κ3) is 2.30. The van der Waals surface area contributed by atoms with E-state index in [-0.39, 0.29) is 6.04 Å². The standard InChI is InChI=1S/C8H16N4/c1-3-4-5-12-6-8(7(2)9)10-11-12/h6-7H,3-5,9H2,1-2H3. The summed E-state index contributed by atoms with van der Waals surface area (Å²) in [6.45, 7) is 5.01. The molecule has 1 rings (SSSR count). The molecule has 0 amide bonds. The van der Waals surface area contributed by atoms with Crippen LogP contribution in [0.5, 0.6) is 0 Å². The van der Waals surface area contributed by atoms with E-state index in [9.17, 15) is 0 Å². The second kappa shape index (κ2) is 4.21. The zero-order valence-electron chi connectivity index (χ0n) is 7.70. The Kier molecular flexibility index (Phi) is 3.22. The Morgan fingerprint density at radius 3 is 2.92 bits per heavy atom. The zero-order chi connectivity index (χ0) is 8.97. The van der Waals surface area contributed by atoms with Crippen molar-refractivity contribution in [1.29, 1.82) is 0 Å². The van der Waals surface area contributed by atoms with Crippen LogP contribution >= 0.6 is 0 Å². The lowest BCUT2D eigenvalue weighted by molar-refractivity contribution is 0.553. The van der Waals surface area contributed by atoms with Crippen molar-refractivity contribution in [3.8, 4) is 0 Å².